The van der Waals surface area contributed by atoms with E-state index in [-0.39, 0.29) is 17.8 Å². The summed E-state index contributed by atoms with van der Waals surface area (Å²) in [6, 6.07) is 5.22. The van der Waals surface area contributed by atoms with Crippen LogP contribution in [0.5, 0.6) is 0 Å². The van der Waals surface area contributed by atoms with Gasteiger partial charge in [-0.2, -0.15) is 0 Å². The molecule has 0 N–H and O–H groups in total. The molecule has 0 heterocycles. The molecule has 1 aliphatic rings. The van der Waals surface area contributed by atoms with Crippen molar-refractivity contribution in [3.8, 4) is 0 Å². The average Bonchev–Trinajstić information content (AvgIpc) is 3.18. The Bertz CT molecular complexity index is 531. The minimum Gasteiger partial charge on any atom is -0.469 e. The SMILES string of the molecule is CO/N=C(/c1ccc(Cl)c(Cl)c1)C1C[C@@H]1C(=O)OC. The molecule has 0 radical (unpaired) electrons. The molecule has 1 aromatic carbocycles. The van der Waals surface area contributed by atoms with Crippen LogP contribution in [-0.2, 0) is 14.4 Å². The first-order chi connectivity index (χ1) is 9.08. The lowest BCUT2D eigenvalue weighted by Crippen LogP contribution is -2.11. The minimum absolute atomic E-state index is 0.00430. The molecule has 1 unspecified atom stereocenters. The van der Waals surface area contributed by atoms with Gasteiger partial charge in [0.25, 0.3) is 0 Å². The number of oxime groups is 1. The number of carbonyl (C=O) groups is 1. The number of carbonyl (C=O) groups excluding carboxylic acids is 1. The van der Waals surface area contributed by atoms with Gasteiger partial charge < -0.3 is 9.57 Å². The molecule has 2 rings (SSSR count). The second-order valence-electron chi connectivity index (χ2n) is 4.26. The van der Waals surface area contributed by atoms with Crippen LogP contribution in [0.4, 0.5) is 0 Å². The van der Waals surface area contributed by atoms with Crippen LogP contribution in [0.25, 0.3) is 0 Å². The van der Waals surface area contributed by atoms with Gasteiger partial charge in [-0.25, -0.2) is 0 Å². The van der Waals surface area contributed by atoms with Crippen molar-refractivity contribution in [1.29, 1.82) is 0 Å². The average molecular weight is 302 g/mol. The normalized spacial score (nSPS) is 22.0. The molecule has 1 aliphatic carbocycles. The Morgan fingerprint density at radius 3 is 2.58 bits per heavy atom. The van der Waals surface area contributed by atoms with Gasteiger partial charge in [-0.1, -0.05) is 34.4 Å². The van der Waals surface area contributed by atoms with Crippen LogP contribution in [0, 0.1) is 11.8 Å². The van der Waals surface area contributed by atoms with E-state index in [1.165, 1.54) is 14.2 Å². The van der Waals surface area contributed by atoms with E-state index < -0.39 is 0 Å². The zero-order chi connectivity index (χ0) is 14.0. The van der Waals surface area contributed by atoms with Crippen molar-refractivity contribution in [2.24, 2.45) is 17.0 Å². The lowest BCUT2D eigenvalue weighted by Gasteiger charge is -2.06. The van der Waals surface area contributed by atoms with E-state index in [9.17, 15) is 4.79 Å². The molecule has 102 valence electrons. The highest BCUT2D eigenvalue weighted by Crippen LogP contribution is 2.42. The molecule has 4 nitrogen and oxygen atoms in total. The predicted octanol–water partition coefficient (Wildman–Crippen LogP) is 3.15. The van der Waals surface area contributed by atoms with Crippen LogP contribution < -0.4 is 0 Å². The summed E-state index contributed by atoms with van der Waals surface area (Å²) in [5.74, 6) is -0.383. The highest BCUT2D eigenvalue weighted by Gasteiger charge is 2.48. The van der Waals surface area contributed by atoms with Gasteiger partial charge in [0, 0.05) is 11.5 Å². The fourth-order valence-electron chi connectivity index (χ4n) is 2.00. The quantitative estimate of drug-likeness (QED) is 0.487. The van der Waals surface area contributed by atoms with E-state index in [4.69, 9.17) is 32.8 Å². The van der Waals surface area contributed by atoms with E-state index in [0.717, 1.165) is 5.56 Å². The molecule has 0 spiro atoms. The number of nitrogens with zero attached hydrogens (tertiary/aromatic N) is 1. The first-order valence-corrected chi connectivity index (χ1v) is 6.48. The summed E-state index contributed by atoms with van der Waals surface area (Å²) in [7, 11) is 2.84. The molecule has 0 bridgehead atoms. The van der Waals surface area contributed by atoms with Crippen molar-refractivity contribution in [3.63, 3.8) is 0 Å². The van der Waals surface area contributed by atoms with E-state index in [2.05, 4.69) is 5.16 Å². The molecule has 19 heavy (non-hydrogen) atoms. The third-order valence-corrected chi connectivity index (χ3v) is 3.79. The van der Waals surface area contributed by atoms with Crippen LogP contribution >= 0.6 is 23.2 Å². The van der Waals surface area contributed by atoms with E-state index in [0.29, 0.717) is 22.2 Å². The first kappa shape index (κ1) is 14.2. The standard InChI is InChI=1S/C13H13Cl2NO3/c1-18-13(17)9-6-8(9)12(16-19-2)7-3-4-10(14)11(15)5-7/h3-5,8-9H,6H2,1-2H3/b16-12-/t8?,9-/m0/s1. The number of ether oxygens (including phenoxy) is 1. The smallest absolute Gasteiger partial charge is 0.309 e. The maximum Gasteiger partial charge on any atom is 0.309 e. The predicted molar refractivity (Wildman–Crippen MR) is 73.6 cm³/mol. The summed E-state index contributed by atoms with van der Waals surface area (Å²) < 4.78 is 4.73. The fraction of sp³-hybridized carbons (Fsp3) is 0.385. The van der Waals surface area contributed by atoms with Crippen LogP contribution in [0.15, 0.2) is 23.4 Å². The number of hydrogen-bond acceptors (Lipinski definition) is 4. The Balaban J connectivity index is 2.25. The second kappa shape index (κ2) is 5.80. The number of hydrogen-bond donors (Lipinski definition) is 0. The fourth-order valence-corrected chi connectivity index (χ4v) is 2.30. The summed E-state index contributed by atoms with van der Waals surface area (Å²) in [5, 5.41) is 4.92. The van der Waals surface area contributed by atoms with Gasteiger partial charge >= 0.3 is 5.97 Å². The largest absolute Gasteiger partial charge is 0.469 e. The maximum atomic E-state index is 11.5. The lowest BCUT2D eigenvalue weighted by molar-refractivity contribution is -0.142. The second-order valence-corrected chi connectivity index (χ2v) is 5.07. The van der Waals surface area contributed by atoms with E-state index in [1.54, 1.807) is 18.2 Å². The summed E-state index contributed by atoms with van der Waals surface area (Å²) in [5.41, 5.74) is 1.49. The molecule has 1 aromatic rings. The molecular weight excluding hydrogens is 289 g/mol. The third-order valence-electron chi connectivity index (χ3n) is 3.05. The number of rotatable bonds is 4. The molecule has 0 amide bonds. The Kier molecular flexibility index (Phi) is 4.32. The first-order valence-electron chi connectivity index (χ1n) is 5.72. The van der Waals surface area contributed by atoms with Crippen LogP contribution in [0.2, 0.25) is 10.0 Å². The van der Waals surface area contributed by atoms with Gasteiger partial charge in [0.2, 0.25) is 0 Å². The maximum absolute atomic E-state index is 11.5. The summed E-state index contributed by atoms with van der Waals surface area (Å²) in [6.45, 7) is 0. The van der Waals surface area contributed by atoms with Crippen LogP contribution in [0.1, 0.15) is 12.0 Å². The molecule has 0 aliphatic heterocycles. The van der Waals surface area contributed by atoms with Crippen molar-refractivity contribution in [3.05, 3.63) is 33.8 Å². The Morgan fingerprint density at radius 1 is 1.26 bits per heavy atom. The summed E-state index contributed by atoms with van der Waals surface area (Å²) >= 11 is 11.9. The summed E-state index contributed by atoms with van der Waals surface area (Å²) in [4.78, 5) is 16.3. The van der Waals surface area contributed by atoms with Crippen molar-refractivity contribution in [2.75, 3.05) is 14.2 Å². The van der Waals surface area contributed by atoms with E-state index in [1.807, 2.05) is 0 Å². The van der Waals surface area contributed by atoms with Crippen LogP contribution in [0.3, 0.4) is 0 Å². The highest BCUT2D eigenvalue weighted by atomic mass is 35.5. The van der Waals surface area contributed by atoms with Gasteiger partial charge in [-0.15, -0.1) is 0 Å². The van der Waals surface area contributed by atoms with Gasteiger partial charge in [0.05, 0.1) is 28.8 Å². The van der Waals surface area contributed by atoms with Gasteiger partial charge in [0.15, 0.2) is 0 Å². The molecular formula is C13H13Cl2NO3. The lowest BCUT2D eigenvalue weighted by atomic mass is 10.1. The number of methoxy groups -OCH3 is 1. The third kappa shape index (κ3) is 3.01. The Labute approximate surface area is 121 Å². The topological polar surface area (TPSA) is 47.9 Å². The van der Waals surface area contributed by atoms with Crippen LogP contribution in [-0.4, -0.2) is 25.9 Å². The number of halogens is 2. The Hall–Kier alpha value is -1.26. The van der Waals surface area contributed by atoms with Crippen molar-refractivity contribution >= 4 is 34.9 Å². The Morgan fingerprint density at radius 2 is 2.00 bits per heavy atom. The molecule has 6 heteroatoms. The molecule has 0 saturated heterocycles. The molecule has 1 saturated carbocycles. The molecule has 2 atom stereocenters. The zero-order valence-electron chi connectivity index (χ0n) is 10.5. The number of esters is 1. The van der Waals surface area contributed by atoms with Crippen molar-refractivity contribution < 1.29 is 14.4 Å². The zero-order valence-corrected chi connectivity index (χ0v) is 12.0. The minimum atomic E-state index is -0.228. The highest BCUT2D eigenvalue weighted by molar-refractivity contribution is 6.42. The van der Waals surface area contributed by atoms with Crippen molar-refractivity contribution in [2.45, 2.75) is 6.42 Å². The van der Waals surface area contributed by atoms with Gasteiger partial charge in [-0.3, -0.25) is 4.79 Å². The molecule has 1 fully saturated rings. The molecule has 0 aromatic heterocycles. The monoisotopic (exact) mass is 301 g/mol. The number of benzene rings is 1. The van der Waals surface area contributed by atoms with Crippen molar-refractivity contribution in [1.82, 2.24) is 0 Å². The van der Waals surface area contributed by atoms with Gasteiger partial charge in [0.1, 0.15) is 7.11 Å². The summed E-state index contributed by atoms with van der Waals surface area (Å²) in [6.07, 6.45) is 0.703. The van der Waals surface area contributed by atoms with E-state index >= 15 is 0 Å². The van der Waals surface area contributed by atoms with Gasteiger partial charge in [-0.05, 0) is 18.6 Å².